The van der Waals surface area contributed by atoms with E-state index < -0.39 is 0 Å². The fraction of sp³-hybridized carbons (Fsp3) is 0.294. The molecule has 2 aromatic carbocycles. The maximum atomic E-state index is 13.8. The van der Waals surface area contributed by atoms with Crippen molar-refractivity contribution >= 4 is 0 Å². The van der Waals surface area contributed by atoms with E-state index in [1.54, 1.807) is 12.1 Å². The average molecular weight is 288 g/mol. The van der Waals surface area contributed by atoms with Gasteiger partial charge in [-0.3, -0.25) is 11.3 Å². The van der Waals surface area contributed by atoms with Gasteiger partial charge in [-0.2, -0.15) is 0 Å². The molecular weight excluding hydrogens is 267 g/mol. The Balaban J connectivity index is 2.27. The maximum Gasteiger partial charge on any atom is 0.126 e. The molecule has 1 atom stereocenters. The summed E-state index contributed by atoms with van der Waals surface area (Å²) in [7, 11) is 0. The zero-order chi connectivity index (χ0) is 15.2. The minimum atomic E-state index is -0.222. The van der Waals surface area contributed by atoms with Crippen LogP contribution in [-0.4, -0.2) is 6.10 Å². The van der Waals surface area contributed by atoms with Gasteiger partial charge in [0.1, 0.15) is 11.6 Å². The van der Waals surface area contributed by atoms with E-state index >= 15 is 0 Å². The molecule has 21 heavy (non-hydrogen) atoms. The quantitative estimate of drug-likeness (QED) is 0.633. The van der Waals surface area contributed by atoms with Crippen molar-refractivity contribution in [1.82, 2.24) is 5.43 Å². The molecule has 0 radical (unpaired) electrons. The second kappa shape index (κ2) is 7.20. The van der Waals surface area contributed by atoms with Crippen molar-refractivity contribution in [3.05, 3.63) is 65.5 Å². The van der Waals surface area contributed by atoms with Crippen LogP contribution in [0.15, 0.2) is 48.5 Å². The van der Waals surface area contributed by atoms with Gasteiger partial charge >= 0.3 is 0 Å². The zero-order valence-corrected chi connectivity index (χ0v) is 12.3. The Morgan fingerprint density at radius 3 is 2.43 bits per heavy atom. The SMILES string of the molecule is CC(C)Oc1ccccc1C(Cc1ccccc1F)NN. The van der Waals surface area contributed by atoms with Crippen LogP contribution in [0.25, 0.3) is 0 Å². The van der Waals surface area contributed by atoms with Crippen LogP contribution in [0, 0.1) is 5.82 Å². The van der Waals surface area contributed by atoms with Crippen molar-refractivity contribution < 1.29 is 9.13 Å². The van der Waals surface area contributed by atoms with Crippen molar-refractivity contribution in [3.63, 3.8) is 0 Å². The van der Waals surface area contributed by atoms with Gasteiger partial charge in [0.25, 0.3) is 0 Å². The summed E-state index contributed by atoms with van der Waals surface area (Å²) in [5.74, 6) is 6.22. The third-order valence-electron chi connectivity index (χ3n) is 3.24. The highest BCUT2D eigenvalue weighted by Gasteiger charge is 2.17. The second-order valence-electron chi connectivity index (χ2n) is 5.22. The lowest BCUT2D eigenvalue weighted by molar-refractivity contribution is 0.237. The van der Waals surface area contributed by atoms with Gasteiger partial charge in [0.05, 0.1) is 12.1 Å². The largest absolute Gasteiger partial charge is 0.491 e. The molecule has 3 nitrogen and oxygen atoms in total. The summed E-state index contributed by atoms with van der Waals surface area (Å²) in [5, 5.41) is 0. The zero-order valence-electron chi connectivity index (χ0n) is 12.3. The van der Waals surface area contributed by atoms with Crippen LogP contribution >= 0.6 is 0 Å². The summed E-state index contributed by atoms with van der Waals surface area (Å²) in [6.07, 6.45) is 0.528. The minimum Gasteiger partial charge on any atom is -0.491 e. The average Bonchev–Trinajstić information content (AvgIpc) is 2.47. The summed E-state index contributed by atoms with van der Waals surface area (Å²) < 4.78 is 19.6. The van der Waals surface area contributed by atoms with Crippen molar-refractivity contribution in [1.29, 1.82) is 0 Å². The summed E-state index contributed by atoms with van der Waals surface area (Å²) in [4.78, 5) is 0. The molecule has 0 saturated carbocycles. The third kappa shape index (κ3) is 4.03. The first-order valence-corrected chi connectivity index (χ1v) is 7.07. The Hall–Kier alpha value is -1.91. The lowest BCUT2D eigenvalue weighted by Gasteiger charge is -2.21. The number of ether oxygens (including phenoxy) is 1. The maximum absolute atomic E-state index is 13.8. The first-order valence-electron chi connectivity index (χ1n) is 7.07. The molecule has 3 N–H and O–H groups in total. The van der Waals surface area contributed by atoms with E-state index in [2.05, 4.69) is 5.43 Å². The molecule has 0 fully saturated rings. The van der Waals surface area contributed by atoms with E-state index in [-0.39, 0.29) is 18.0 Å². The molecule has 0 aliphatic carbocycles. The van der Waals surface area contributed by atoms with Crippen molar-refractivity contribution in [3.8, 4) is 5.75 Å². The fourth-order valence-electron chi connectivity index (χ4n) is 2.27. The molecule has 1 unspecified atom stereocenters. The molecule has 0 aliphatic rings. The molecule has 2 aromatic rings. The second-order valence-corrected chi connectivity index (χ2v) is 5.22. The number of benzene rings is 2. The molecule has 0 saturated heterocycles. The van der Waals surface area contributed by atoms with E-state index in [0.717, 1.165) is 11.3 Å². The summed E-state index contributed by atoms with van der Waals surface area (Å²) >= 11 is 0. The number of rotatable bonds is 6. The minimum absolute atomic E-state index is 0.0676. The number of nitrogens with one attached hydrogen (secondary N) is 1. The lowest BCUT2D eigenvalue weighted by atomic mass is 9.98. The highest BCUT2D eigenvalue weighted by Crippen LogP contribution is 2.28. The molecular formula is C17H21FN2O. The number of hydrogen-bond acceptors (Lipinski definition) is 3. The molecule has 0 aromatic heterocycles. The predicted molar refractivity (Wildman–Crippen MR) is 82.4 cm³/mol. The predicted octanol–water partition coefficient (Wildman–Crippen LogP) is 3.36. The van der Waals surface area contributed by atoms with Gasteiger partial charge in [0, 0.05) is 5.56 Å². The Labute approximate surface area is 124 Å². The van der Waals surface area contributed by atoms with Gasteiger partial charge in [-0.25, -0.2) is 4.39 Å². The van der Waals surface area contributed by atoms with Crippen molar-refractivity contribution in [2.24, 2.45) is 5.84 Å². The Morgan fingerprint density at radius 2 is 1.76 bits per heavy atom. The first kappa shape index (κ1) is 15.5. The van der Waals surface area contributed by atoms with Gasteiger partial charge in [-0.1, -0.05) is 36.4 Å². The highest BCUT2D eigenvalue weighted by atomic mass is 19.1. The van der Waals surface area contributed by atoms with E-state index in [1.807, 2.05) is 44.2 Å². The molecule has 2 rings (SSSR count). The molecule has 0 spiro atoms. The molecule has 0 heterocycles. The van der Waals surface area contributed by atoms with E-state index in [9.17, 15) is 4.39 Å². The topological polar surface area (TPSA) is 47.3 Å². The van der Waals surface area contributed by atoms with Crippen LogP contribution < -0.4 is 16.0 Å². The molecule has 0 amide bonds. The van der Waals surface area contributed by atoms with Crippen LogP contribution in [0.3, 0.4) is 0 Å². The van der Waals surface area contributed by atoms with Crippen LogP contribution in [0.1, 0.15) is 31.0 Å². The van der Waals surface area contributed by atoms with E-state index in [1.165, 1.54) is 6.07 Å². The molecule has 0 bridgehead atoms. The Bertz CT molecular complexity index is 587. The Morgan fingerprint density at radius 1 is 1.10 bits per heavy atom. The van der Waals surface area contributed by atoms with Gasteiger partial charge < -0.3 is 4.74 Å². The number of halogens is 1. The third-order valence-corrected chi connectivity index (χ3v) is 3.24. The number of hydrogen-bond donors (Lipinski definition) is 2. The van der Waals surface area contributed by atoms with Crippen LogP contribution in [-0.2, 0) is 6.42 Å². The lowest BCUT2D eigenvalue weighted by Crippen LogP contribution is -2.30. The van der Waals surface area contributed by atoms with Gasteiger partial charge in [0.15, 0.2) is 0 Å². The summed E-state index contributed by atoms with van der Waals surface area (Å²) in [6, 6.07) is 14.2. The molecule has 4 heteroatoms. The first-order chi connectivity index (χ1) is 10.1. The van der Waals surface area contributed by atoms with E-state index in [0.29, 0.717) is 12.0 Å². The molecule has 112 valence electrons. The number of para-hydroxylation sites is 1. The summed E-state index contributed by atoms with van der Waals surface area (Å²) in [6.45, 7) is 3.94. The fourth-order valence-corrected chi connectivity index (χ4v) is 2.27. The smallest absolute Gasteiger partial charge is 0.126 e. The van der Waals surface area contributed by atoms with Crippen molar-refractivity contribution in [2.45, 2.75) is 32.4 Å². The standard InChI is InChI=1S/C17H21FN2O/c1-12(2)21-17-10-6-4-8-14(17)16(20-19)11-13-7-3-5-9-15(13)18/h3-10,12,16,20H,11,19H2,1-2H3. The van der Waals surface area contributed by atoms with Gasteiger partial charge in [-0.05, 0) is 38.0 Å². The van der Waals surface area contributed by atoms with Crippen LogP contribution in [0.5, 0.6) is 5.75 Å². The van der Waals surface area contributed by atoms with Crippen LogP contribution in [0.2, 0.25) is 0 Å². The Kier molecular flexibility index (Phi) is 5.31. The summed E-state index contributed by atoms with van der Waals surface area (Å²) in [5.41, 5.74) is 4.31. The monoisotopic (exact) mass is 288 g/mol. The highest BCUT2D eigenvalue weighted by molar-refractivity contribution is 5.37. The van der Waals surface area contributed by atoms with Gasteiger partial charge in [0.2, 0.25) is 0 Å². The number of hydrazine groups is 1. The van der Waals surface area contributed by atoms with Crippen LogP contribution in [0.4, 0.5) is 4.39 Å². The van der Waals surface area contributed by atoms with Crippen molar-refractivity contribution in [2.75, 3.05) is 0 Å². The normalized spacial score (nSPS) is 12.4. The van der Waals surface area contributed by atoms with E-state index in [4.69, 9.17) is 10.6 Å². The van der Waals surface area contributed by atoms with Gasteiger partial charge in [-0.15, -0.1) is 0 Å². The molecule has 0 aliphatic heterocycles. The number of nitrogens with two attached hydrogens (primary N) is 1.